The van der Waals surface area contributed by atoms with Crippen molar-refractivity contribution in [2.45, 2.75) is 45.0 Å². The Bertz CT molecular complexity index is 253. The molecule has 1 heterocycles. The van der Waals surface area contributed by atoms with Gasteiger partial charge in [-0.3, -0.25) is 0 Å². The van der Waals surface area contributed by atoms with Gasteiger partial charge in [0.05, 0.1) is 0 Å². The van der Waals surface area contributed by atoms with E-state index >= 15 is 0 Å². The Morgan fingerprint density at radius 1 is 1.56 bits per heavy atom. The summed E-state index contributed by atoms with van der Waals surface area (Å²) in [6, 6.07) is 0.0347. The molecule has 0 aromatic carbocycles. The van der Waals surface area contributed by atoms with Crippen LogP contribution in [0.1, 0.15) is 27.2 Å². The first-order valence-electron chi connectivity index (χ1n) is 5.59. The molecule has 0 spiro atoms. The third kappa shape index (κ3) is 4.35. The lowest BCUT2D eigenvalue weighted by molar-refractivity contribution is 0.0285. The minimum absolute atomic E-state index is 0.0347. The van der Waals surface area contributed by atoms with Crippen molar-refractivity contribution in [1.29, 1.82) is 0 Å². The molecule has 1 rings (SSSR count). The number of nitrogens with one attached hydrogen (secondary N) is 1. The lowest BCUT2D eigenvalue weighted by Gasteiger charge is -2.26. The largest absolute Gasteiger partial charge is 0.444 e. The number of alkyl halides is 1. The molecule has 0 bridgehead atoms. The zero-order valence-corrected chi connectivity index (χ0v) is 10.4. The Morgan fingerprint density at radius 2 is 2.19 bits per heavy atom. The van der Waals surface area contributed by atoms with Crippen LogP contribution in [0.4, 0.5) is 9.18 Å². The summed E-state index contributed by atoms with van der Waals surface area (Å²) >= 11 is 0. The van der Waals surface area contributed by atoms with Crippen LogP contribution in [0.2, 0.25) is 0 Å². The molecule has 94 valence electrons. The summed E-state index contributed by atoms with van der Waals surface area (Å²) in [4.78, 5) is 13.1. The van der Waals surface area contributed by atoms with Gasteiger partial charge in [-0.1, -0.05) is 0 Å². The number of likely N-dealkylation sites (N-methyl/N-ethyl adjacent to an activating group) is 1. The summed E-state index contributed by atoms with van der Waals surface area (Å²) in [5.74, 6) is 0. The van der Waals surface area contributed by atoms with E-state index in [0.29, 0.717) is 19.5 Å². The van der Waals surface area contributed by atoms with Crippen LogP contribution in [0.25, 0.3) is 0 Å². The van der Waals surface area contributed by atoms with Gasteiger partial charge >= 0.3 is 6.09 Å². The highest BCUT2D eigenvalue weighted by Crippen LogP contribution is 2.13. The number of halogens is 1. The van der Waals surface area contributed by atoms with Crippen LogP contribution in [0.5, 0.6) is 0 Å². The minimum Gasteiger partial charge on any atom is -0.444 e. The molecule has 0 aromatic rings. The van der Waals surface area contributed by atoms with Gasteiger partial charge in [-0.2, -0.15) is 0 Å². The van der Waals surface area contributed by atoms with Crippen LogP contribution in [0.15, 0.2) is 0 Å². The zero-order valence-electron chi connectivity index (χ0n) is 10.4. The van der Waals surface area contributed by atoms with Crippen molar-refractivity contribution >= 4 is 6.09 Å². The molecule has 0 aromatic heterocycles. The number of rotatable bonds is 2. The normalized spacial score (nSPS) is 25.6. The quantitative estimate of drug-likeness (QED) is 0.785. The van der Waals surface area contributed by atoms with Crippen LogP contribution in [-0.2, 0) is 4.74 Å². The fourth-order valence-corrected chi connectivity index (χ4v) is 1.65. The van der Waals surface area contributed by atoms with Gasteiger partial charge in [-0.05, 0) is 27.2 Å². The van der Waals surface area contributed by atoms with E-state index in [0.717, 1.165) is 0 Å². The zero-order chi connectivity index (χ0) is 12.3. The highest BCUT2D eigenvalue weighted by Gasteiger charge is 2.27. The predicted molar refractivity (Wildman–Crippen MR) is 60.2 cm³/mol. The minimum atomic E-state index is -0.794. The maximum Gasteiger partial charge on any atom is 0.410 e. The molecular weight excluding hydrogens is 211 g/mol. The second-order valence-electron chi connectivity index (χ2n) is 5.30. The van der Waals surface area contributed by atoms with E-state index in [2.05, 4.69) is 5.32 Å². The summed E-state index contributed by atoms with van der Waals surface area (Å²) in [7, 11) is 1.67. The third-order valence-electron chi connectivity index (χ3n) is 2.37. The van der Waals surface area contributed by atoms with E-state index in [4.69, 9.17) is 4.74 Å². The van der Waals surface area contributed by atoms with E-state index in [9.17, 15) is 9.18 Å². The summed E-state index contributed by atoms with van der Waals surface area (Å²) in [6.45, 7) is 6.33. The highest BCUT2D eigenvalue weighted by atomic mass is 19.1. The number of amides is 1. The van der Waals surface area contributed by atoms with Crippen molar-refractivity contribution in [2.75, 3.05) is 20.1 Å². The fourth-order valence-electron chi connectivity index (χ4n) is 1.65. The summed E-state index contributed by atoms with van der Waals surface area (Å²) in [5, 5.41) is 3.03. The van der Waals surface area contributed by atoms with Crippen molar-refractivity contribution in [1.82, 2.24) is 10.2 Å². The lowest BCUT2D eigenvalue weighted by atomic mass is 10.2. The molecule has 1 aliphatic rings. The van der Waals surface area contributed by atoms with E-state index in [1.54, 1.807) is 7.05 Å². The summed E-state index contributed by atoms with van der Waals surface area (Å²) in [6.07, 6.45) is -0.693. The molecule has 1 fully saturated rings. The van der Waals surface area contributed by atoms with E-state index in [1.807, 2.05) is 20.8 Å². The second kappa shape index (κ2) is 4.99. The van der Waals surface area contributed by atoms with Gasteiger partial charge in [0.1, 0.15) is 11.8 Å². The maximum atomic E-state index is 12.9. The molecule has 1 saturated heterocycles. The monoisotopic (exact) mass is 232 g/mol. The molecular formula is C11H21FN2O2. The second-order valence-corrected chi connectivity index (χ2v) is 5.30. The first kappa shape index (κ1) is 13.2. The van der Waals surface area contributed by atoms with Gasteiger partial charge in [0, 0.05) is 26.2 Å². The van der Waals surface area contributed by atoms with Crippen molar-refractivity contribution in [3.63, 3.8) is 0 Å². The first-order chi connectivity index (χ1) is 7.28. The SMILES string of the molecule is CN(C[C@@H]1C[C@@H](F)CN1)C(=O)OC(C)(C)C. The standard InChI is InChI=1S/C11H21FN2O2/c1-11(2,3)16-10(15)14(4)7-9-5-8(12)6-13-9/h8-9,13H,5-7H2,1-4H3/t8-,9+/m1/s1. The average molecular weight is 232 g/mol. The van der Waals surface area contributed by atoms with Crippen molar-refractivity contribution < 1.29 is 13.9 Å². The highest BCUT2D eigenvalue weighted by molar-refractivity contribution is 5.67. The van der Waals surface area contributed by atoms with Crippen molar-refractivity contribution in [3.8, 4) is 0 Å². The van der Waals surface area contributed by atoms with Crippen LogP contribution in [-0.4, -0.2) is 48.9 Å². The molecule has 1 N–H and O–H groups in total. The number of ether oxygens (including phenoxy) is 1. The molecule has 4 nitrogen and oxygen atoms in total. The molecule has 5 heteroatoms. The number of hydrogen-bond acceptors (Lipinski definition) is 3. The van der Waals surface area contributed by atoms with Gasteiger partial charge in [0.15, 0.2) is 0 Å². The van der Waals surface area contributed by atoms with Gasteiger partial charge in [-0.15, -0.1) is 0 Å². The molecule has 2 atom stereocenters. The lowest BCUT2D eigenvalue weighted by Crippen LogP contribution is -2.41. The van der Waals surface area contributed by atoms with E-state index in [-0.39, 0.29) is 12.1 Å². The molecule has 0 unspecified atom stereocenters. The first-order valence-corrected chi connectivity index (χ1v) is 5.59. The average Bonchev–Trinajstić information content (AvgIpc) is 2.48. The Labute approximate surface area is 96.1 Å². The van der Waals surface area contributed by atoms with E-state index < -0.39 is 11.8 Å². The fraction of sp³-hybridized carbons (Fsp3) is 0.909. The Morgan fingerprint density at radius 3 is 2.62 bits per heavy atom. The number of nitrogens with zero attached hydrogens (tertiary/aromatic N) is 1. The molecule has 0 aliphatic carbocycles. The Hall–Kier alpha value is -0.840. The van der Waals surface area contributed by atoms with Crippen LogP contribution in [0.3, 0.4) is 0 Å². The predicted octanol–water partition coefficient (Wildman–Crippen LogP) is 1.55. The molecule has 16 heavy (non-hydrogen) atoms. The molecule has 0 saturated carbocycles. The van der Waals surface area contributed by atoms with Crippen LogP contribution < -0.4 is 5.32 Å². The Kier molecular flexibility index (Phi) is 4.13. The molecule has 1 aliphatic heterocycles. The van der Waals surface area contributed by atoms with Crippen LogP contribution in [0, 0.1) is 0 Å². The maximum absolute atomic E-state index is 12.9. The third-order valence-corrected chi connectivity index (χ3v) is 2.37. The number of carbonyl (C=O) groups excluding carboxylic acids is 1. The van der Waals surface area contributed by atoms with Crippen molar-refractivity contribution in [2.24, 2.45) is 0 Å². The van der Waals surface area contributed by atoms with Gasteiger partial charge < -0.3 is 15.0 Å². The van der Waals surface area contributed by atoms with Gasteiger partial charge in [0.25, 0.3) is 0 Å². The molecule has 1 amide bonds. The molecule has 0 radical (unpaired) electrons. The number of carbonyl (C=O) groups is 1. The summed E-state index contributed by atoms with van der Waals surface area (Å²) in [5.41, 5.74) is -0.489. The number of hydrogen-bond donors (Lipinski definition) is 1. The van der Waals surface area contributed by atoms with Crippen molar-refractivity contribution in [3.05, 3.63) is 0 Å². The van der Waals surface area contributed by atoms with Crippen LogP contribution >= 0.6 is 0 Å². The van der Waals surface area contributed by atoms with Gasteiger partial charge in [-0.25, -0.2) is 9.18 Å². The van der Waals surface area contributed by atoms with E-state index in [1.165, 1.54) is 4.90 Å². The smallest absolute Gasteiger partial charge is 0.410 e. The van der Waals surface area contributed by atoms with Gasteiger partial charge in [0.2, 0.25) is 0 Å². The topological polar surface area (TPSA) is 41.6 Å². The Balaban J connectivity index is 2.34. The summed E-state index contributed by atoms with van der Waals surface area (Å²) < 4.78 is 18.1.